The Morgan fingerprint density at radius 3 is 3.08 bits per heavy atom. The number of H-pyrrole nitrogens is 1. The highest BCUT2D eigenvalue weighted by molar-refractivity contribution is 7.98. The van der Waals surface area contributed by atoms with Crippen LogP contribution in [0.4, 0.5) is 4.39 Å². The lowest BCUT2D eigenvalue weighted by atomic mass is 10.1. The van der Waals surface area contributed by atoms with Crippen LogP contribution in [-0.4, -0.2) is 31.4 Å². The largest absolute Gasteiger partial charge is 0.370 e. The van der Waals surface area contributed by atoms with Gasteiger partial charge >= 0.3 is 0 Å². The van der Waals surface area contributed by atoms with Crippen LogP contribution < -0.4 is 5.84 Å². The molecule has 1 aromatic carbocycles. The van der Waals surface area contributed by atoms with Gasteiger partial charge in [0.25, 0.3) is 0 Å². The number of hydrogen-bond donors (Lipinski definition) is 2. The fourth-order valence-electron chi connectivity index (χ4n) is 2.80. The molecule has 7 nitrogen and oxygen atoms in total. The zero-order chi connectivity index (χ0) is 16.5. The molecule has 0 aliphatic carbocycles. The zero-order valence-corrected chi connectivity index (χ0v) is 13.7. The number of nitrogens with two attached hydrogens (primary N) is 1. The summed E-state index contributed by atoms with van der Waals surface area (Å²) in [5.74, 6) is 7.57. The SMILES string of the molecule is Nn1c(SCc2nc3c(F)cccc3[nH]2)nnc1[C@@H]1CCCCO1. The highest BCUT2D eigenvalue weighted by Crippen LogP contribution is 2.28. The summed E-state index contributed by atoms with van der Waals surface area (Å²) in [5, 5.41) is 8.88. The molecule has 1 fully saturated rings. The summed E-state index contributed by atoms with van der Waals surface area (Å²) in [4.78, 5) is 7.38. The number of imidazole rings is 1. The lowest BCUT2D eigenvalue weighted by molar-refractivity contribution is 0.00780. The second kappa shape index (κ2) is 6.40. The summed E-state index contributed by atoms with van der Waals surface area (Å²) in [6, 6.07) is 4.84. The van der Waals surface area contributed by atoms with Gasteiger partial charge in [0, 0.05) is 6.61 Å². The minimum atomic E-state index is -0.335. The van der Waals surface area contributed by atoms with E-state index in [9.17, 15) is 4.39 Å². The maximum absolute atomic E-state index is 13.7. The van der Waals surface area contributed by atoms with E-state index in [0.29, 0.717) is 33.6 Å². The van der Waals surface area contributed by atoms with Gasteiger partial charge in [-0.25, -0.2) is 14.1 Å². The van der Waals surface area contributed by atoms with E-state index >= 15 is 0 Å². The number of aromatic nitrogens is 5. The predicted molar refractivity (Wildman–Crippen MR) is 88.3 cm³/mol. The summed E-state index contributed by atoms with van der Waals surface area (Å²) in [6.07, 6.45) is 2.98. The van der Waals surface area contributed by atoms with Crippen molar-refractivity contribution in [2.24, 2.45) is 0 Å². The first-order valence-electron chi connectivity index (χ1n) is 7.80. The first-order valence-corrected chi connectivity index (χ1v) is 8.79. The molecular formula is C15H17FN6OS. The Balaban J connectivity index is 1.49. The van der Waals surface area contributed by atoms with Gasteiger partial charge in [-0.3, -0.25) is 0 Å². The third-order valence-electron chi connectivity index (χ3n) is 4.01. The number of aromatic amines is 1. The van der Waals surface area contributed by atoms with Crippen LogP contribution in [-0.2, 0) is 10.5 Å². The Morgan fingerprint density at radius 2 is 2.29 bits per heavy atom. The van der Waals surface area contributed by atoms with E-state index < -0.39 is 0 Å². The number of ether oxygens (including phenoxy) is 1. The van der Waals surface area contributed by atoms with Crippen molar-refractivity contribution in [2.75, 3.05) is 12.4 Å². The molecule has 126 valence electrons. The fraction of sp³-hybridized carbons (Fsp3) is 0.400. The molecule has 2 aromatic heterocycles. The monoisotopic (exact) mass is 348 g/mol. The van der Waals surface area contributed by atoms with Crippen molar-refractivity contribution in [3.05, 3.63) is 35.7 Å². The van der Waals surface area contributed by atoms with Crippen LogP contribution in [0.25, 0.3) is 11.0 Å². The van der Waals surface area contributed by atoms with Gasteiger partial charge in [0.05, 0.1) is 11.3 Å². The summed E-state index contributed by atoms with van der Waals surface area (Å²) >= 11 is 1.40. The van der Waals surface area contributed by atoms with Crippen molar-refractivity contribution in [1.29, 1.82) is 0 Å². The van der Waals surface area contributed by atoms with Crippen LogP contribution in [0.1, 0.15) is 37.0 Å². The summed E-state index contributed by atoms with van der Waals surface area (Å²) in [5.41, 5.74) is 1.02. The molecule has 3 aromatic rings. The molecular weight excluding hydrogens is 331 g/mol. The highest BCUT2D eigenvalue weighted by atomic mass is 32.2. The summed E-state index contributed by atoms with van der Waals surface area (Å²) in [7, 11) is 0. The standard InChI is InChI=1S/C15H17FN6OS/c16-9-4-3-5-10-13(9)19-12(18-10)8-24-15-21-20-14(22(15)17)11-6-1-2-7-23-11/h3-5,11H,1-2,6-8,17H2,(H,18,19)/t11-/m0/s1. The van der Waals surface area contributed by atoms with E-state index in [1.165, 1.54) is 22.5 Å². The molecule has 3 N–H and O–H groups in total. The third kappa shape index (κ3) is 2.84. The van der Waals surface area contributed by atoms with Crippen molar-refractivity contribution in [1.82, 2.24) is 24.8 Å². The van der Waals surface area contributed by atoms with E-state index in [2.05, 4.69) is 20.2 Å². The number of nitrogens with zero attached hydrogens (tertiary/aromatic N) is 4. The average molecular weight is 348 g/mol. The Hall–Kier alpha value is -2.13. The lowest BCUT2D eigenvalue weighted by Gasteiger charge is -2.21. The van der Waals surface area contributed by atoms with Gasteiger partial charge in [0.2, 0.25) is 5.16 Å². The number of nitrogen functional groups attached to an aromatic ring is 1. The molecule has 0 amide bonds. The quantitative estimate of drug-likeness (QED) is 0.556. The lowest BCUT2D eigenvalue weighted by Crippen LogP contribution is -2.21. The van der Waals surface area contributed by atoms with Crippen molar-refractivity contribution in [3.63, 3.8) is 0 Å². The summed E-state index contributed by atoms with van der Waals surface area (Å²) < 4.78 is 20.9. The molecule has 4 rings (SSSR count). The van der Waals surface area contributed by atoms with Crippen LogP contribution in [0.3, 0.4) is 0 Å². The molecule has 0 bridgehead atoms. The Kier molecular flexibility index (Phi) is 4.11. The fourth-order valence-corrected chi connectivity index (χ4v) is 3.53. The van der Waals surface area contributed by atoms with Crippen molar-refractivity contribution < 1.29 is 9.13 Å². The van der Waals surface area contributed by atoms with Gasteiger partial charge in [-0.15, -0.1) is 10.2 Å². The smallest absolute Gasteiger partial charge is 0.210 e. The van der Waals surface area contributed by atoms with Gasteiger partial charge in [-0.2, -0.15) is 0 Å². The molecule has 3 heterocycles. The van der Waals surface area contributed by atoms with Crippen LogP contribution in [0.2, 0.25) is 0 Å². The van der Waals surface area contributed by atoms with Crippen LogP contribution in [0.5, 0.6) is 0 Å². The Bertz CT molecular complexity index is 857. The van der Waals surface area contributed by atoms with Crippen molar-refractivity contribution in [3.8, 4) is 0 Å². The van der Waals surface area contributed by atoms with Gasteiger partial charge in [0.15, 0.2) is 11.6 Å². The molecule has 1 aliphatic rings. The minimum Gasteiger partial charge on any atom is -0.370 e. The minimum absolute atomic E-state index is 0.0918. The first kappa shape index (κ1) is 15.4. The van der Waals surface area contributed by atoms with Crippen LogP contribution >= 0.6 is 11.8 Å². The molecule has 0 saturated carbocycles. The molecule has 9 heteroatoms. The number of rotatable bonds is 4. The molecule has 24 heavy (non-hydrogen) atoms. The number of hydrogen-bond acceptors (Lipinski definition) is 6. The van der Waals surface area contributed by atoms with Crippen LogP contribution in [0.15, 0.2) is 23.4 Å². The topological polar surface area (TPSA) is 94.6 Å². The number of fused-ring (bicyclic) bond motifs is 1. The van der Waals surface area contributed by atoms with Crippen molar-refractivity contribution >= 4 is 22.8 Å². The predicted octanol–water partition coefficient (Wildman–Crippen LogP) is 2.54. The average Bonchev–Trinajstić information content (AvgIpc) is 3.18. The molecule has 1 saturated heterocycles. The Morgan fingerprint density at radius 1 is 1.38 bits per heavy atom. The van der Waals surface area contributed by atoms with Gasteiger partial charge in [0.1, 0.15) is 17.4 Å². The Labute approximate surface area is 141 Å². The normalized spacial score (nSPS) is 18.3. The molecule has 0 radical (unpaired) electrons. The summed E-state index contributed by atoms with van der Waals surface area (Å²) in [6.45, 7) is 0.727. The number of halogens is 1. The van der Waals surface area contributed by atoms with E-state index in [1.807, 2.05) is 0 Å². The zero-order valence-electron chi connectivity index (χ0n) is 12.9. The number of thioether (sulfide) groups is 1. The molecule has 1 aliphatic heterocycles. The van der Waals surface area contributed by atoms with Gasteiger partial charge in [-0.05, 0) is 31.4 Å². The van der Waals surface area contributed by atoms with Crippen LogP contribution in [0, 0.1) is 5.82 Å². The molecule has 0 unspecified atom stereocenters. The molecule has 1 atom stereocenters. The second-order valence-electron chi connectivity index (χ2n) is 5.67. The van der Waals surface area contributed by atoms with E-state index in [0.717, 1.165) is 25.9 Å². The maximum atomic E-state index is 13.7. The first-order chi connectivity index (χ1) is 11.7. The van der Waals surface area contributed by atoms with Gasteiger partial charge in [-0.1, -0.05) is 17.8 Å². The second-order valence-corrected chi connectivity index (χ2v) is 6.62. The number of para-hydroxylation sites is 1. The third-order valence-corrected chi connectivity index (χ3v) is 4.96. The van der Waals surface area contributed by atoms with Gasteiger partial charge < -0.3 is 15.6 Å². The maximum Gasteiger partial charge on any atom is 0.210 e. The van der Waals surface area contributed by atoms with Crippen molar-refractivity contribution in [2.45, 2.75) is 36.3 Å². The number of nitrogens with one attached hydrogen (secondary N) is 1. The van der Waals surface area contributed by atoms with E-state index in [1.54, 1.807) is 12.1 Å². The van der Waals surface area contributed by atoms with E-state index in [4.69, 9.17) is 10.6 Å². The molecule has 0 spiro atoms. The number of benzene rings is 1. The van der Waals surface area contributed by atoms with E-state index in [-0.39, 0.29) is 11.9 Å². The highest BCUT2D eigenvalue weighted by Gasteiger charge is 2.23.